The van der Waals surface area contributed by atoms with Crippen molar-refractivity contribution in [3.8, 4) is 16.9 Å². The highest BCUT2D eigenvalue weighted by molar-refractivity contribution is 5.90. The average molecular weight is 748 g/mol. The number of phenols is 1. The number of alkyl halides is 3. The summed E-state index contributed by atoms with van der Waals surface area (Å²) in [7, 11) is 1.89. The Bertz CT molecular complexity index is 1890. The summed E-state index contributed by atoms with van der Waals surface area (Å²) in [6.07, 6.45) is -6.17. The van der Waals surface area contributed by atoms with Crippen molar-refractivity contribution in [1.82, 2.24) is 15.1 Å². The second-order valence-electron chi connectivity index (χ2n) is 13.8. The van der Waals surface area contributed by atoms with Crippen LogP contribution in [0.1, 0.15) is 65.6 Å². The standard InChI is InChI=1S/C41H44F3N3O7/c1-46(24-36(50)30-7-4-8-32(49)20-30)23-33-21-37(28-13-11-26(25-48)12-14-28)54-39(53-33)29-17-15-27(16-18-29)34-9-3-2-6-31(34)22-45-38(51)35-10-5-19-47(35)40(52)41(42,43)44/h2-4,6-9,11-18,20,33,35-37,39,48-50H,5,10,19,21-25H2,1H3,(H,45,51)/t33-,35-,36+,37+,39+/m0/s1. The van der Waals surface area contributed by atoms with Gasteiger partial charge in [0.2, 0.25) is 5.91 Å². The Labute approximate surface area is 311 Å². The van der Waals surface area contributed by atoms with E-state index >= 15 is 0 Å². The van der Waals surface area contributed by atoms with Crippen molar-refractivity contribution >= 4 is 11.8 Å². The van der Waals surface area contributed by atoms with Crippen LogP contribution in [0.5, 0.6) is 5.75 Å². The van der Waals surface area contributed by atoms with Crippen molar-refractivity contribution in [1.29, 1.82) is 0 Å². The number of aromatic hydroxyl groups is 1. The summed E-state index contributed by atoms with van der Waals surface area (Å²) in [5, 5.41) is 33.0. The summed E-state index contributed by atoms with van der Waals surface area (Å²) < 4.78 is 52.3. The van der Waals surface area contributed by atoms with E-state index < -0.39 is 36.4 Å². The number of amides is 2. The maximum absolute atomic E-state index is 13.1. The number of likely N-dealkylation sites (N-methyl/N-ethyl adjacent to an activating group) is 1. The molecule has 10 nitrogen and oxygen atoms in total. The average Bonchev–Trinajstić information content (AvgIpc) is 3.66. The first kappa shape index (κ1) is 38.9. The summed E-state index contributed by atoms with van der Waals surface area (Å²) in [5.74, 6) is -2.55. The zero-order valence-electron chi connectivity index (χ0n) is 29.8. The molecule has 0 unspecified atom stereocenters. The predicted molar refractivity (Wildman–Crippen MR) is 194 cm³/mol. The van der Waals surface area contributed by atoms with Gasteiger partial charge in [0.15, 0.2) is 6.29 Å². The van der Waals surface area contributed by atoms with Crippen LogP contribution in [0.3, 0.4) is 0 Å². The summed E-state index contributed by atoms with van der Waals surface area (Å²) in [5.41, 5.74) is 5.49. The summed E-state index contributed by atoms with van der Waals surface area (Å²) in [4.78, 5) is 27.4. The lowest BCUT2D eigenvalue weighted by Crippen LogP contribution is -2.50. The lowest BCUT2D eigenvalue weighted by molar-refractivity contribution is -0.252. The Morgan fingerprint density at radius 3 is 2.39 bits per heavy atom. The molecule has 0 bridgehead atoms. The fourth-order valence-electron chi connectivity index (χ4n) is 7.11. The van der Waals surface area contributed by atoms with E-state index in [1.54, 1.807) is 24.3 Å². The molecule has 286 valence electrons. The second-order valence-corrected chi connectivity index (χ2v) is 13.8. The Hall–Kier alpha value is -4.79. The fraction of sp³-hybridized carbons (Fsp3) is 0.366. The molecule has 2 fully saturated rings. The molecule has 2 amide bonds. The number of rotatable bonds is 12. The number of carbonyl (C=O) groups excluding carboxylic acids is 2. The molecular formula is C41H44F3N3O7. The van der Waals surface area contributed by atoms with Gasteiger partial charge in [-0.15, -0.1) is 0 Å². The summed E-state index contributed by atoms with van der Waals surface area (Å²) in [6.45, 7) is 0.662. The molecule has 4 aromatic rings. The largest absolute Gasteiger partial charge is 0.508 e. The van der Waals surface area contributed by atoms with Gasteiger partial charge >= 0.3 is 12.1 Å². The number of phenolic OH excluding ortho intramolecular Hbond substituents is 1. The molecule has 2 aliphatic heterocycles. The molecular weight excluding hydrogens is 703 g/mol. The highest BCUT2D eigenvalue weighted by Gasteiger charge is 2.47. The minimum Gasteiger partial charge on any atom is -0.508 e. The van der Waals surface area contributed by atoms with E-state index in [2.05, 4.69) is 5.32 Å². The lowest BCUT2D eigenvalue weighted by atomic mass is 9.97. The number of benzene rings is 4. The molecule has 54 heavy (non-hydrogen) atoms. The monoisotopic (exact) mass is 747 g/mol. The Kier molecular flexibility index (Phi) is 12.3. The fourth-order valence-corrected chi connectivity index (χ4v) is 7.11. The Morgan fingerprint density at radius 1 is 0.963 bits per heavy atom. The predicted octanol–water partition coefficient (Wildman–Crippen LogP) is 5.93. The number of aliphatic hydroxyl groups excluding tert-OH is 2. The second kappa shape index (κ2) is 17.1. The number of nitrogens with zero attached hydrogens (tertiary/aromatic N) is 2. The number of nitrogens with one attached hydrogen (secondary N) is 1. The number of likely N-dealkylation sites (tertiary alicyclic amines) is 1. The molecule has 0 saturated carbocycles. The maximum Gasteiger partial charge on any atom is 0.471 e. The van der Waals surface area contributed by atoms with E-state index in [1.807, 2.05) is 84.7 Å². The molecule has 4 aromatic carbocycles. The van der Waals surface area contributed by atoms with Crippen molar-refractivity contribution in [3.05, 3.63) is 125 Å². The smallest absolute Gasteiger partial charge is 0.471 e. The number of carbonyl (C=O) groups is 2. The third kappa shape index (κ3) is 9.46. The summed E-state index contributed by atoms with van der Waals surface area (Å²) in [6, 6.07) is 28.0. The molecule has 2 saturated heterocycles. The van der Waals surface area contributed by atoms with Gasteiger partial charge in [-0.3, -0.25) is 9.59 Å². The molecule has 0 radical (unpaired) electrons. The van der Waals surface area contributed by atoms with Gasteiger partial charge in [-0.2, -0.15) is 13.2 Å². The van der Waals surface area contributed by atoms with E-state index in [4.69, 9.17) is 9.47 Å². The van der Waals surface area contributed by atoms with Gasteiger partial charge in [-0.05, 0) is 65.4 Å². The van der Waals surface area contributed by atoms with E-state index in [-0.39, 0.29) is 44.1 Å². The van der Waals surface area contributed by atoms with E-state index in [0.717, 1.165) is 33.4 Å². The van der Waals surface area contributed by atoms with Crippen molar-refractivity contribution in [2.45, 2.75) is 69.2 Å². The minimum absolute atomic E-state index is 0.0578. The van der Waals surface area contributed by atoms with E-state index in [0.29, 0.717) is 36.4 Å². The quantitative estimate of drug-likeness (QED) is 0.140. The zero-order chi connectivity index (χ0) is 38.4. The highest BCUT2D eigenvalue weighted by Crippen LogP contribution is 2.39. The molecule has 0 spiro atoms. The van der Waals surface area contributed by atoms with Gasteiger partial charge < -0.3 is 39.9 Å². The molecule has 6 rings (SSSR count). The molecule has 4 N–H and O–H groups in total. The number of halogens is 3. The van der Waals surface area contributed by atoms with Gasteiger partial charge in [0.05, 0.1) is 24.9 Å². The highest BCUT2D eigenvalue weighted by atomic mass is 19.4. The number of hydrogen-bond donors (Lipinski definition) is 4. The molecule has 0 aliphatic carbocycles. The van der Waals surface area contributed by atoms with Gasteiger partial charge in [-0.25, -0.2) is 0 Å². The van der Waals surface area contributed by atoms with Gasteiger partial charge in [0.25, 0.3) is 0 Å². The van der Waals surface area contributed by atoms with E-state index in [9.17, 15) is 38.1 Å². The number of hydrogen-bond acceptors (Lipinski definition) is 8. The number of ether oxygens (including phenoxy) is 2. The maximum atomic E-state index is 13.1. The van der Waals surface area contributed by atoms with Crippen LogP contribution < -0.4 is 5.32 Å². The van der Waals surface area contributed by atoms with Crippen LogP contribution in [-0.4, -0.2) is 81.9 Å². The van der Waals surface area contributed by atoms with E-state index in [1.165, 1.54) is 0 Å². The van der Waals surface area contributed by atoms with Crippen LogP contribution in [0, 0.1) is 0 Å². The van der Waals surface area contributed by atoms with Gasteiger partial charge in [0, 0.05) is 38.2 Å². The Morgan fingerprint density at radius 2 is 1.69 bits per heavy atom. The minimum atomic E-state index is -5.04. The normalized spacial score (nSPS) is 20.9. The molecule has 2 aliphatic rings. The van der Waals surface area contributed by atoms with Gasteiger partial charge in [-0.1, -0.05) is 84.9 Å². The topological polar surface area (TPSA) is 132 Å². The van der Waals surface area contributed by atoms with Crippen LogP contribution in [0.4, 0.5) is 13.2 Å². The van der Waals surface area contributed by atoms with Gasteiger partial charge in [0.1, 0.15) is 11.8 Å². The van der Waals surface area contributed by atoms with Crippen LogP contribution in [0.15, 0.2) is 97.1 Å². The first-order chi connectivity index (χ1) is 25.9. The lowest BCUT2D eigenvalue weighted by Gasteiger charge is -2.38. The summed E-state index contributed by atoms with van der Waals surface area (Å²) >= 11 is 0. The zero-order valence-corrected chi connectivity index (χ0v) is 29.8. The molecule has 5 atom stereocenters. The molecule has 13 heteroatoms. The van der Waals surface area contributed by atoms with Crippen LogP contribution in [0.2, 0.25) is 0 Å². The molecule has 0 aromatic heterocycles. The van der Waals surface area contributed by atoms with Crippen LogP contribution in [-0.2, 0) is 32.2 Å². The van der Waals surface area contributed by atoms with Crippen LogP contribution >= 0.6 is 0 Å². The Balaban J connectivity index is 1.15. The van der Waals surface area contributed by atoms with Crippen LogP contribution in [0.25, 0.3) is 11.1 Å². The van der Waals surface area contributed by atoms with Crippen molar-refractivity contribution in [3.63, 3.8) is 0 Å². The first-order valence-electron chi connectivity index (χ1n) is 17.9. The SMILES string of the molecule is CN(C[C@@H]1C[C@H](c2ccc(CO)cc2)O[C@H](c2ccc(-c3ccccc3CNC(=O)[C@@H]3CCCN3C(=O)C(F)(F)F)cc2)O1)C[C@@H](O)c1cccc(O)c1. The third-order valence-corrected chi connectivity index (χ3v) is 9.89. The van der Waals surface area contributed by atoms with Crippen molar-refractivity contribution in [2.75, 3.05) is 26.7 Å². The number of aliphatic hydroxyl groups is 2. The molecule has 2 heterocycles. The van der Waals surface area contributed by atoms with Crippen molar-refractivity contribution < 1.29 is 47.6 Å². The first-order valence-corrected chi connectivity index (χ1v) is 17.9. The van der Waals surface area contributed by atoms with Crippen molar-refractivity contribution in [2.24, 2.45) is 0 Å². The third-order valence-electron chi connectivity index (χ3n) is 9.89.